The van der Waals surface area contributed by atoms with E-state index < -0.39 is 0 Å². The van der Waals surface area contributed by atoms with Crippen LogP contribution in [-0.4, -0.2) is 16.8 Å². The molecule has 1 atom stereocenters. The van der Waals surface area contributed by atoms with Crippen molar-refractivity contribution in [3.63, 3.8) is 0 Å². The van der Waals surface area contributed by atoms with Gasteiger partial charge in [-0.2, -0.15) is 5.10 Å². The SMILES string of the molecule is CCn1ncc(Br)c1C(NC)C1C(C)(C)C1(C)C. The molecule has 1 aliphatic carbocycles. The van der Waals surface area contributed by atoms with E-state index in [9.17, 15) is 0 Å². The molecule has 0 bridgehead atoms. The first-order valence-corrected chi connectivity index (χ1v) is 7.46. The first-order valence-electron chi connectivity index (χ1n) is 6.67. The molecule has 0 aliphatic heterocycles. The van der Waals surface area contributed by atoms with Crippen LogP contribution in [0.1, 0.15) is 46.4 Å². The Labute approximate surface area is 118 Å². The fraction of sp³-hybridized carbons (Fsp3) is 0.786. The molecular weight excluding hydrogens is 290 g/mol. The molecule has 1 N–H and O–H groups in total. The van der Waals surface area contributed by atoms with E-state index in [0.717, 1.165) is 11.0 Å². The van der Waals surface area contributed by atoms with Crippen LogP contribution in [0.4, 0.5) is 0 Å². The van der Waals surface area contributed by atoms with Crippen molar-refractivity contribution in [3.05, 3.63) is 16.4 Å². The van der Waals surface area contributed by atoms with Crippen LogP contribution in [0.2, 0.25) is 0 Å². The van der Waals surface area contributed by atoms with E-state index in [2.05, 4.69) is 72.7 Å². The van der Waals surface area contributed by atoms with Crippen LogP contribution in [-0.2, 0) is 6.54 Å². The Kier molecular flexibility index (Phi) is 3.39. The fourth-order valence-corrected chi connectivity index (χ4v) is 4.02. The molecule has 1 heterocycles. The van der Waals surface area contributed by atoms with Crippen molar-refractivity contribution in [1.82, 2.24) is 15.1 Å². The number of hydrogen-bond donors (Lipinski definition) is 1. The third kappa shape index (κ3) is 1.76. The zero-order valence-corrected chi connectivity index (χ0v) is 13.8. The molecular formula is C14H24BrN3. The Bertz CT molecular complexity index is 434. The highest BCUT2D eigenvalue weighted by molar-refractivity contribution is 9.10. The second kappa shape index (κ2) is 4.34. The second-order valence-electron chi connectivity index (χ2n) is 6.38. The van der Waals surface area contributed by atoms with Gasteiger partial charge in [0.1, 0.15) is 0 Å². The Morgan fingerprint density at radius 2 is 1.94 bits per heavy atom. The van der Waals surface area contributed by atoms with Gasteiger partial charge in [-0.15, -0.1) is 0 Å². The number of nitrogens with one attached hydrogen (secondary N) is 1. The van der Waals surface area contributed by atoms with Crippen LogP contribution >= 0.6 is 15.9 Å². The molecule has 0 aromatic carbocycles. The summed E-state index contributed by atoms with van der Waals surface area (Å²) in [6, 6.07) is 0.354. The summed E-state index contributed by atoms with van der Waals surface area (Å²) < 4.78 is 3.21. The highest BCUT2D eigenvalue weighted by Gasteiger charge is 2.67. The topological polar surface area (TPSA) is 29.9 Å². The second-order valence-corrected chi connectivity index (χ2v) is 7.24. The molecule has 1 saturated carbocycles. The molecule has 1 aromatic rings. The summed E-state index contributed by atoms with van der Waals surface area (Å²) in [5, 5.41) is 7.94. The average Bonchev–Trinajstić information content (AvgIpc) is 2.62. The van der Waals surface area contributed by atoms with Crippen molar-refractivity contribution in [3.8, 4) is 0 Å². The van der Waals surface area contributed by atoms with Gasteiger partial charge in [-0.25, -0.2) is 0 Å². The molecule has 1 aliphatic rings. The summed E-state index contributed by atoms with van der Waals surface area (Å²) in [6.45, 7) is 12.5. The van der Waals surface area contributed by atoms with Gasteiger partial charge in [-0.1, -0.05) is 27.7 Å². The molecule has 4 heteroatoms. The van der Waals surface area contributed by atoms with Crippen LogP contribution in [0, 0.1) is 16.7 Å². The van der Waals surface area contributed by atoms with Crippen molar-refractivity contribution >= 4 is 15.9 Å². The molecule has 0 saturated heterocycles. The minimum Gasteiger partial charge on any atom is -0.311 e. The molecule has 0 radical (unpaired) electrons. The maximum atomic E-state index is 4.44. The van der Waals surface area contributed by atoms with Gasteiger partial charge in [0.15, 0.2) is 0 Å². The van der Waals surface area contributed by atoms with E-state index in [0.29, 0.717) is 22.8 Å². The lowest BCUT2D eigenvalue weighted by molar-refractivity contribution is 0.405. The minimum atomic E-state index is 0.354. The molecule has 2 rings (SSSR count). The summed E-state index contributed by atoms with van der Waals surface area (Å²) in [7, 11) is 2.05. The van der Waals surface area contributed by atoms with E-state index in [4.69, 9.17) is 0 Å². The smallest absolute Gasteiger partial charge is 0.0698 e. The molecule has 0 amide bonds. The Hall–Kier alpha value is -0.350. The highest BCUT2D eigenvalue weighted by Crippen LogP contribution is 2.72. The Balaban J connectivity index is 2.39. The number of aryl methyl sites for hydroxylation is 1. The van der Waals surface area contributed by atoms with Gasteiger partial charge in [0.2, 0.25) is 0 Å². The average molecular weight is 314 g/mol. The number of nitrogens with zero attached hydrogens (tertiary/aromatic N) is 2. The van der Waals surface area contributed by atoms with E-state index in [1.54, 1.807) is 0 Å². The standard InChI is InChI=1S/C14H24BrN3/c1-7-18-11(9(15)8-17-18)10(16-6)12-13(2,3)14(12,4)5/h8,10,12,16H,7H2,1-6H3. The van der Waals surface area contributed by atoms with Crippen LogP contribution < -0.4 is 5.32 Å². The Morgan fingerprint density at radius 1 is 1.39 bits per heavy atom. The van der Waals surface area contributed by atoms with Gasteiger partial charge in [-0.3, -0.25) is 4.68 Å². The number of hydrogen-bond acceptors (Lipinski definition) is 2. The number of aromatic nitrogens is 2. The molecule has 1 unspecified atom stereocenters. The lowest BCUT2D eigenvalue weighted by atomic mass is 10.0. The molecule has 1 fully saturated rings. The lowest BCUT2D eigenvalue weighted by Crippen LogP contribution is -2.25. The Morgan fingerprint density at radius 3 is 2.33 bits per heavy atom. The van der Waals surface area contributed by atoms with Crippen molar-refractivity contribution in [1.29, 1.82) is 0 Å². The minimum absolute atomic E-state index is 0.354. The van der Waals surface area contributed by atoms with Crippen molar-refractivity contribution in [2.24, 2.45) is 16.7 Å². The summed E-state index contributed by atoms with van der Waals surface area (Å²) in [5.41, 5.74) is 2.01. The largest absolute Gasteiger partial charge is 0.311 e. The summed E-state index contributed by atoms with van der Waals surface area (Å²) >= 11 is 3.65. The van der Waals surface area contributed by atoms with E-state index in [1.807, 2.05) is 6.20 Å². The van der Waals surface area contributed by atoms with Crippen LogP contribution in [0.25, 0.3) is 0 Å². The van der Waals surface area contributed by atoms with Gasteiger partial charge in [0.05, 0.1) is 22.4 Å². The van der Waals surface area contributed by atoms with Gasteiger partial charge in [-0.05, 0) is 46.6 Å². The van der Waals surface area contributed by atoms with Crippen LogP contribution in [0.15, 0.2) is 10.7 Å². The molecule has 102 valence electrons. The molecule has 18 heavy (non-hydrogen) atoms. The molecule has 0 spiro atoms. The van der Waals surface area contributed by atoms with Crippen molar-refractivity contribution < 1.29 is 0 Å². The lowest BCUT2D eigenvalue weighted by Gasteiger charge is -2.20. The maximum Gasteiger partial charge on any atom is 0.0698 e. The van der Waals surface area contributed by atoms with Gasteiger partial charge < -0.3 is 5.32 Å². The zero-order chi connectivity index (χ0) is 13.7. The van der Waals surface area contributed by atoms with E-state index in [-0.39, 0.29) is 0 Å². The predicted octanol–water partition coefficient (Wildman–Crippen LogP) is 3.61. The van der Waals surface area contributed by atoms with Gasteiger partial charge >= 0.3 is 0 Å². The van der Waals surface area contributed by atoms with Gasteiger partial charge in [0, 0.05) is 6.54 Å². The third-order valence-electron chi connectivity index (χ3n) is 5.20. The van der Waals surface area contributed by atoms with Crippen molar-refractivity contribution in [2.45, 2.75) is 47.2 Å². The normalized spacial score (nSPS) is 23.1. The zero-order valence-electron chi connectivity index (χ0n) is 12.2. The van der Waals surface area contributed by atoms with Gasteiger partial charge in [0.25, 0.3) is 0 Å². The predicted molar refractivity (Wildman–Crippen MR) is 78.5 cm³/mol. The van der Waals surface area contributed by atoms with Crippen molar-refractivity contribution in [2.75, 3.05) is 7.05 Å². The first kappa shape index (κ1) is 14.1. The summed E-state index contributed by atoms with van der Waals surface area (Å²) in [6.07, 6.45) is 1.91. The number of rotatable bonds is 4. The van der Waals surface area contributed by atoms with Crippen LogP contribution in [0.5, 0.6) is 0 Å². The quantitative estimate of drug-likeness (QED) is 0.920. The summed E-state index contributed by atoms with van der Waals surface area (Å²) in [4.78, 5) is 0. The first-order chi connectivity index (χ1) is 8.29. The van der Waals surface area contributed by atoms with E-state index >= 15 is 0 Å². The fourth-order valence-electron chi connectivity index (χ4n) is 3.48. The third-order valence-corrected chi connectivity index (χ3v) is 5.82. The number of halogens is 1. The van der Waals surface area contributed by atoms with E-state index in [1.165, 1.54) is 5.69 Å². The molecule has 3 nitrogen and oxygen atoms in total. The van der Waals surface area contributed by atoms with Crippen LogP contribution in [0.3, 0.4) is 0 Å². The monoisotopic (exact) mass is 313 g/mol. The molecule has 1 aromatic heterocycles. The summed E-state index contributed by atoms with van der Waals surface area (Å²) in [5.74, 6) is 0.633. The highest BCUT2D eigenvalue weighted by atomic mass is 79.9. The maximum absolute atomic E-state index is 4.44.